The molecule has 0 bridgehead atoms. The second-order valence-electron chi connectivity index (χ2n) is 7.07. The monoisotopic (exact) mass is 386 g/mol. The molecule has 1 aliphatic heterocycles. The van der Waals surface area contributed by atoms with Crippen LogP contribution in [0, 0.1) is 5.92 Å². The lowest BCUT2D eigenvalue weighted by Crippen LogP contribution is -2.45. The molecule has 0 radical (unpaired) electrons. The summed E-state index contributed by atoms with van der Waals surface area (Å²) < 4.78 is 5.14. The maximum atomic E-state index is 13.0. The highest BCUT2D eigenvalue weighted by atomic mass is 35.5. The maximum Gasteiger partial charge on any atom is 0.255 e. The number of methoxy groups -OCH3 is 1. The molecule has 0 aromatic heterocycles. The van der Waals surface area contributed by atoms with Crippen LogP contribution < -0.4 is 10.1 Å². The molecule has 1 aliphatic rings. The third-order valence-corrected chi connectivity index (χ3v) is 4.94. The zero-order valence-electron chi connectivity index (χ0n) is 15.7. The lowest BCUT2D eigenvalue weighted by Gasteiger charge is -2.28. The van der Waals surface area contributed by atoms with E-state index in [1.54, 1.807) is 23.1 Å². The van der Waals surface area contributed by atoms with Crippen LogP contribution >= 0.6 is 11.6 Å². The van der Waals surface area contributed by atoms with Crippen LogP contribution in [0.25, 0.3) is 0 Å². The Hall–Kier alpha value is -2.53. The number of amides is 2. The molecule has 0 saturated carbocycles. The van der Waals surface area contributed by atoms with E-state index in [-0.39, 0.29) is 17.7 Å². The number of nitrogens with zero attached hydrogens (tertiary/aromatic N) is 1. The van der Waals surface area contributed by atoms with Crippen LogP contribution in [0.4, 0.5) is 5.69 Å². The molecule has 0 unspecified atom stereocenters. The summed E-state index contributed by atoms with van der Waals surface area (Å²) in [4.78, 5) is 27.5. The normalized spacial score (nSPS) is 14.3. The van der Waals surface area contributed by atoms with Gasteiger partial charge in [0.1, 0.15) is 11.8 Å². The number of rotatable bonds is 6. The predicted octanol–water partition coefficient (Wildman–Crippen LogP) is 4.36. The molecule has 0 fully saturated rings. The summed E-state index contributed by atoms with van der Waals surface area (Å²) >= 11 is 6.15. The van der Waals surface area contributed by atoms with E-state index in [4.69, 9.17) is 16.3 Å². The number of carbonyl (C=O) groups is 2. The van der Waals surface area contributed by atoms with Crippen LogP contribution in [-0.2, 0) is 11.3 Å². The molecule has 2 aromatic carbocycles. The van der Waals surface area contributed by atoms with E-state index in [9.17, 15) is 9.59 Å². The molecule has 3 rings (SSSR count). The molecule has 2 amide bonds. The van der Waals surface area contributed by atoms with Crippen molar-refractivity contribution < 1.29 is 14.3 Å². The van der Waals surface area contributed by atoms with E-state index in [0.29, 0.717) is 35.0 Å². The van der Waals surface area contributed by atoms with Crippen molar-refractivity contribution >= 4 is 29.1 Å². The van der Waals surface area contributed by atoms with Crippen molar-refractivity contribution in [3.63, 3.8) is 0 Å². The highest BCUT2D eigenvalue weighted by molar-refractivity contribution is 6.32. The molecule has 27 heavy (non-hydrogen) atoms. The first kappa shape index (κ1) is 19.2. The van der Waals surface area contributed by atoms with Gasteiger partial charge < -0.3 is 15.0 Å². The number of benzene rings is 2. The van der Waals surface area contributed by atoms with Crippen molar-refractivity contribution in [3.8, 4) is 5.75 Å². The minimum atomic E-state index is -0.550. The van der Waals surface area contributed by atoms with Crippen molar-refractivity contribution in [2.75, 3.05) is 12.4 Å². The second-order valence-corrected chi connectivity index (χ2v) is 7.48. The minimum absolute atomic E-state index is 0.0980. The fourth-order valence-electron chi connectivity index (χ4n) is 3.32. The van der Waals surface area contributed by atoms with E-state index in [1.807, 2.05) is 38.1 Å². The van der Waals surface area contributed by atoms with E-state index in [1.165, 1.54) is 7.11 Å². The van der Waals surface area contributed by atoms with Crippen molar-refractivity contribution in [3.05, 3.63) is 58.6 Å². The molecule has 142 valence electrons. The predicted molar refractivity (Wildman–Crippen MR) is 106 cm³/mol. The number of nitrogens with one attached hydrogen (secondary N) is 1. The summed E-state index contributed by atoms with van der Waals surface area (Å²) in [5.41, 5.74) is 2.20. The van der Waals surface area contributed by atoms with E-state index < -0.39 is 6.04 Å². The Morgan fingerprint density at radius 1 is 1.26 bits per heavy atom. The van der Waals surface area contributed by atoms with Gasteiger partial charge in [0.25, 0.3) is 5.91 Å². The van der Waals surface area contributed by atoms with Gasteiger partial charge in [0.15, 0.2) is 0 Å². The zero-order valence-corrected chi connectivity index (χ0v) is 16.4. The van der Waals surface area contributed by atoms with Crippen LogP contribution in [0.3, 0.4) is 0 Å². The van der Waals surface area contributed by atoms with Crippen LogP contribution in [0.5, 0.6) is 5.75 Å². The van der Waals surface area contributed by atoms with Crippen molar-refractivity contribution in [2.45, 2.75) is 32.9 Å². The minimum Gasteiger partial charge on any atom is -0.495 e. The van der Waals surface area contributed by atoms with E-state index >= 15 is 0 Å². The molecule has 1 heterocycles. The van der Waals surface area contributed by atoms with Gasteiger partial charge in [-0.05, 0) is 42.2 Å². The molecule has 1 N–H and O–H groups in total. The topological polar surface area (TPSA) is 58.6 Å². The molecule has 5 nitrogen and oxygen atoms in total. The smallest absolute Gasteiger partial charge is 0.255 e. The number of hydrogen-bond donors (Lipinski definition) is 1. The summed E-state index contributed by atoms with van der Waals surface area (Å²) in [5, 5.41) is 3.31. The van der Waals surface area contributed by atoms with E-state index in [2.05, 4.69) is 5.32 Å². The number of carbonyl (C=O) groups excluding carboxylic acids is 2. The standard InChI is InChI=1S/C21H23ClN2O3/c1-13(2)10-18(24-12-14-6-4-5-7-16(14)21(24)26)20(25)23-15-8-9-19(27-3)17(22)11-15/h4-9,11,13,18H,10,12H2,1-3H3,(H,23,25)/t18-/m1/s1. The molecule has 0 saturated heterocycles. The molecule has 0 spiro atoms. The number of anilines is 1. The fraction of sp³-hybridized carbons (Fsp3) is 0.333. The summed E-state index contributed by atoms with van der Waals surface area (Å²) in [6.45, 7) is 4.53. The first-order valence-corrected chi connectivity index (χ1v) is 9.31. The van der Waals surface area contributed by atoms with Crippen LogP contribution in [0.15, 0.2) is 42.5 Å². The van der Waals surface area contributed by atoms with Crippen molar-refractivity contribution in [1.29, 1.82) is 0 Å². The summed E-state index contributed by atoms with van der Waals surface area (Å²) in [6.07, 6.45) is 0.579. The number of ether oxygens (including phenoxy) is 1. The highest BCUT2D eigenvalue weighted by Gasteiger charge is 2.36. The Bertz CT molecular complexity index is 866. The Morgan fingerprint density at radius 2 is 2.00 bits per heavy atom. The second kappa shape index (κ2) is 8.01. The van der Waals surface area contributed by atoms with Crippen LogP contribution in [0.1, 0.15) is 36.2 Å². The molecule has 0 aliphatic carbocycles. The quantitative estimate of drug-likeness (QED) is 0.802. The average molecular weight is 387 g/mol. The molecule has 6 heteroatoms. The SMILES string of the molecule is COc1ccc(NC(=O)[C@@H](CC(C)C)N2Cc3ccccc3C2=O)cc1Cl. The van der Waals surface area contributed by atoms with Gasteiger partial charge in [-0.3, -0.25) is 9.59 Å². The van der Waals surface area contributed by atoms with Gasteiger partial charge in [-0.2, -0.15) is 0 Å². The molecular formula is C21H23ClN2O3. The molecule has 1 atom stereocenters. The fourth-order valence-corrected chi connectivity index (χ4v) is 3.58. The van der Waals surface area contributed by atoms with Crippen LogP contribution in [-0.4, -0.2) is 29.9 Å². The lowest BCUT2D eigenvalue weighted by molar-refractivity contribution is -0.121. The zero-order chi connectivity index (χ0) is 19.6. The number of fused-ring (bicyclic) bond motifs is 1. The number of hydrogen-bond acceptors (Lipinski definition) is 3. The Morgan fingerprint density at radius 3 is 2.63 bits per heavy atom. The molecular weight excluding hydrogens is 364 g/mol. The Kier molecular flexibility index (Phi) is 5.71. The third kappa shape index (κ3) is 4.08. The Labute approximate surface area is 164 Å². The first-order chi connectivity index (χ1) is 12.9. The van der Waals surface area contributed by atoms with Gasteiger partial charge in [-0.25, -0.2) is 0 Å². The molecule has 2 aromatic rings. The first-order valence-electron chi connectivity index (χ1n) is 8.94. The van der Waals surface area contributed by atoms with Gasteiger partial charge in [-0.1, -0.05) is 43.6 Å². The summed E-state index contributed by atoms with van der Waals surface area (Å²) in [7, 11) is 1.54. The van der Waals surface area contributed by atoms with Gasteiger partial charge in [0.05, 0.1) is 12.1 Å². The lowest BCUT2D eigenvalue weighted by atomic mass is 10.0. The maximum absolute atomic E-state index is 13.0. The van der Waals surface area contributed by atoms with Gasteiger partial charge in [0.2, 0.25) is 5.91 Å². The van der Waals surface area contributed by atoms with Crippen molar-refractivity contribution in [1.82, 2.24) is 4.90 Å². The number of halogens is 1. The summed E-state index contributed by atoms with van der Waals surface area (Å²) in [6, 6.07) is 12.0. The van der Waals surface area contributed by atoms with Gasteiger partial charge in [-0.15, -0.1) is 0 Å². The van der Waals surface area contributed by atoms with Crippen molar-refractivity contribution in [2.24, 2.45) is 5.92 Å². The largest absolute Gasteiger partial charge is 0.495 e. The average Bonchev–Trinajstić information content (AvgIpc) is 2.96. The van der Waals surface area contributed by atoms with Crippen LogP contribution in [0.2, 0.25) is 5.02 Å². The summed E-state index contributed by atoms with van der Waals surface area (Å²) in [5.74, 6) is 0.487. The highest BCUT2D eigenvalue weighted by Crippen LogP contribution is 2.29. The van der Waals surface area contributed by atoms with Gasteiger partial charge >= 0.3 is 0 Å². The van der Waals surface area contributed by atoms with E-state index in [0.717, 1.165) is 5.56 Å². The third-order valence-electron chi connectivity index (χ3n) is 4.64. The Balaban J connectivity index is 1.82. The van der Waals surface area contributed by atoms with Gasteiger partial charge in [0, 0.05) is 17.8 Å².